The van der Waals surface area contributed by atoms with Crippen LogP contribution in [-0.2, 0) is 15.7 Å². The number of fused-ring (bicyclic) bond motifs is 4. The minimum absolute atomic E-state index is 0.0176. The maximum atomic E-state index is 13.9. The number of nitrogens with one attached hydrogen (secondary N) is 2. The summed E-state index contributed by atoms with van der Waals surface area (Å²) in [5.74, 6) is -0.595. The molecule has 180 valence electrons. The highest BCUT2D eigenvalue weighted by Gasteiger charge is 2.53. The van der Waals surface area contributed by atoms with Crippen LogP contribution in [0, 0.1) is 11.7 Å². The van der Waals surface area contributed by atoms with E-state index in [0.717, 1.165) is 12.4 Å². The van der Waals surface area contributed by atoms with Crippen molar-refractivity contribution in [3.05, 3.63) is 47.7 Å². The first-order chi connectivity index (χ1) is 16.2. The van der Waals surface area contributed by atoms with Crippen molar-refractivity contribution in [2.24, 2.45) is 5.92 Å². The highest BCUT2D eigenvalue weighted by molar-refractivity contribution is 5.88. The van der Waals surface area contributed by atoms with E-state index in [4.69, 9.17) is 14.2 Å². The van der Waals surface area contributed by atoms with Gasteiger partial charge in [0.1, 0.15) is 35.1 Å². The molecule has 1 aromatic carbocycles. The first-order valence-corrected chi connectivity index (χ1v) is 10.8. The minimum Gasteiger partial charge on any atom is -0.493 e. The van der Waals surface area contributed by atoms with Crippen molar-refractivity contribution in [3.8, 4) is 5.75 Å². The normalized spacial score (nSPS) is 30.7. The van der Waals surface area contributed by atoms with E-state index >= 15 is 0 Å². The van der Waals surface area contributed by atoms with Gasteiger partial charge in [0.05, 0.1) is 36.3 Å². The predicted molar refractivity (Wildman–Crippen MR) is 109 cm³/mol. The maximum Gasteiger partial charge on any atom is 0.431 e. The molecule has 0 saturated carbocycles. The summed E-state index contributed by atoms with van der Waals surface area (Å²) < 4.78 is 70.8. The van der Waals surface area contributed by atoms with Gasteiger partial charge in [-0.25, -0.2) is 14.4 Å². The van der Waals surface area contributed by atoms with Crippen molar-refractivity contribution < 1.29 is 36.9 Å². The van der Waals surface area contributed by atoms with Gasteiger partial charge in [-0.2, -0.15) is 13.2 Å². The van der Waals surface area contributed by atoms with Crippen LogP contribution in [0.15, 0.2) is 30.6 Å². The lowest BCUT2D eigenvalue weighted by atomic mass is 9.73. The Labute approximate surface area is 190 Å². The molecule has 0 amide bonds. The molecule has 6 rings (SSSR count). The fraction of sp³-hybridized carbons (Fsp3) is 0.455. The Hall–Kier alpha value is -2.96. The number of alkyl halides is 3. The number of hydrogen-bond donors (Lipinski definition) is 3. The number of aromatic amines is 1. The smallest absolute Gasteiger partial charge is 0.431 e. The number of anilines is 1. The Morgan fingerprint density at radius 3 is 2.79 bits per heavy atom. The number of benzene rings is 1. The fourth-order valence-corrected chi connectivity index (χ4v) is 5.17. The first-order valence-electron chi connectivity index (χ1n) is 10.8. The third-order valence-corrected chi connectivity index (χ3v) is 6.76. The third kappa shape index (κ3) is 3.56. The Kier molecular flexibility index (Phi) is 4.77. The van der Waals surface area contributed by atoms with Crippen molar-refractivity contribution in [2.45, 2.75) is 43.1 Å². The average Bonchev–Trinajstić information content (AvgIpc) is 3.37. The van der Waals surface area contributed by atoms with Crippen molar-refractivity contribution in [1.82, 2.24) is 15.0 Å². The lowest BCUT2D eigenvalue weighted by molar-refractivity contribution is -0.182. The number of nitrogens with zero attached hydrogens (tertiary/aromatic N) is 2. The lowest BCUT2D eigenvalue weighted by Crippen LogP contribution is -2.53. The Bertz CT molecular complexity index is 1240. The van der Waals surface area contributed by atoms with Gasteiger partial charge in [-0.1, -0.05) is 6.07 Å². The largest absolute Gasteiger partial charge is 0.493 e. The molecule has 0 spiro atoms. The number of aromatic nitrogens is 3. The van der Waals surface area contributed by atoms with Gasteiger partial charge < -0.3 is 29.6 Å². The van der Waals surface area contributed by atoms with Crippen LogP contribution >= 0.6 is 0 Å². The molecule has 3 aliphatic heterocycles. The second-order valence-electron chi connectivity index (χ2n) is 8.92. The van der Waals surface area contributed by atoms with Gasteiger partial charge in [-0.3, -0.25) is 0 Å². The Balaban J connectivity index is 1.42. The van der Waals surface area contributed by atoms with Gasteiger partial charge in [0.15, 0.2) is 6.29 Å². The van der Waals surface area contributed by atoms with Gasteiger partial charge in [0.2, 0.25) is 0 Å². The van der Waals surface area contributed by atoms with Crippen molar-refractivity contribution in [1.29, 1.82) is 0 Å². The molecule has 0 unspecified atom stereocenters. The summed E-state index contributed by atoms with van der Waals surface area (Å²) in [6.45, 7) is 0.426. The summed E-state index contributed by atoms with van der Waals surface area (Å²) in [5, 5.41) is 15.0. The van der Waals surface area contributed by atoms with Crippen molar-refractivity contribution >= 4 is 16.9 Å². The minimum atomic E-state index is -4.58. The molecule has 2 saturated heterocycles. The summed E-state index contributed by atoms with van der Waals surface area (Å²) >= 11 is 0. The van der Waals surface area contributed by atoms with E-state index in [2.05, 4.69) is 20.3 Å². The summed E-state index contributed by atoms with van der Waals surface area (Å²) in [6, 6.07) is 4.35. The molecule has 2 aromatic heterocycles. The zero-order valence-corrected chi connectivity index (χ0v) is 17.6. The van der Waals surface area contributed by atoms with Gasteiger partial charge in [0, 0.05) is 30.4 Å². The van der Waals surface area contributed by atoms with Crippen LogP contribution in [0.1, 0.15) is 30.1 Å². The van der Waals surface area contributed by atoms with Gasteiger partial charge in [0.25, 0.3) is 0 Å². The molecule has 3 aromatic rings. The molecule has 34 heavy (non-hydrogen) atoms. The number of halogens is 4. The van der Waals surface area contributed by atoms with E-state index in [1.165, 1.54) is 12.1 Å². The number of H-pyrrole nitrogens is 1. The molecule has 3 aliphatic rings. The van der Waals surface area contributed by atoms with Gasteiger partial charge >= 0.3 is 6.18 Å². The van der Waals surface area contributed by atoms with E-state index in [1.54, 1.807) is 6.07 Å². The van der Waals surface area contributed by atoms with Crippen LogP contribution in [0.25, 0.3) is 11.0 Å². The van der Waals surface area contributed by atoms with E-state index in [1.807, 2.05) is 0 Å². The number of aliphatic hydroxyl groups is 1. The lowest BCUT2D eigenvalue weighted by Gasteiger charge is -2.46. The average molecular weight is 480 g/mol. The summed E-state index contributed by atoms with van der Waals surface area (Å²) in [6.07, 6.45) is -3.76. The van der Waals surface area contributed by atoms with Crippen LogP contribution < -0.4 is 10.1 Å². The van der Waals surface area contributed by atoms with Crippen molar-refractivity contribution in [3.63, 3.8) is 0 Å². The highest BCUT2D eigenvalue weighted by atomic mass is 19.4. The molecular weight excluding hydrogens is 460 g/mol. The zero-order chi connectivity index (χ0) is 23.7. The molecule has 2 bridgehead atoms. The van der Waals surface area contributed by atoms with Crippen LogP contribution in [0.4, 0.5) is 23.4 Å². The standard InChI is InChI=1S/C22H20F4N4O4/c23-10-1-2-12-15(3-10)32-8-14(21(31)5-11-7-33-17(6-21)34-11)18(12)30-20-13-4-16(22(24,25)26)29-19(13)27-9-28-20/h1-4,9,11,14,17-18,31H,5-8H2,(H2,27,28,29,30)/t11-,14-,17+,18-,21-/m0/s1. The second kappa shape index (κ2) is 7.52. The van der Waals surface area contributed by atoms with Crippen molar-refractivity contribution in [2.75, 3.05) is 18.5 Å². The molecule has 2 fully saturated rings. The van der Waals surface area contributed by atoms with Crippen LogP contribution in [0.2, 0.25) is 0 Å². The van der Waals surface area contributed by atoms with Gasteiger partial charge in [-0.15, -0.1) is 0 Å². The third-order valence-electron chi connectivity index (χ3n) is 6.76. The maximum absolute atomic E-state index is 13.9. The second-order valence-corrected chi connectivity index (χ2v) is 8.92. The number of hydrogen-bond acceptors (Lipinski definition) is 7. The van der Waals surface area contributed by atoms with E-state index in [9.17, 15) is 22.7 Å². The van der Waals surface area contributed by atoms with Gasteiger partial charge in [-0.05, 0) is 12.1 Å². The number of rotatable bonds is 3. The topological polar surface area (TPSA) is 102 Å². The molecule has 3 N–H and O–H groups in total. The molecular formula is C22H20F4N4O4. The SMILES string of the molecule is O[C@@]1([C@H]2COc3cc(F)ccc3[C@@H]2Nc2ncnc3[nH]c(C(F)(F)F)cc23)C[C@H]2CO[C@@H](C1)O2. The first kappa shape index (κ1) is 21.6. The predicted octanol–water partition coefficient (Wildman–Crippen LogP) is 3.54. The molecule has 12 heteroatoms. The van der Waals surface area contributed by atoms with Crippen LogP contribution in [0.3, 0.4) is 0 Å². The Morgan fingerprint density at radius 2 is 2.00 bits per heavy atom. The monoisotopic (exact) mass is 480 g/mol. The fourth-order valence-electron chi connectivity index (χ4n) is 5.17. The zero-order valence-electron chi connectivity index (χ0n) is 17.6. The van der Waals surface area contributed by atoms with E-state index < -0.39 is 41.5 Å². The molecule has 0 aliphatic carbocycles. The molecule has 8 nitrogen and oxygen atoms in total. The molecule has 5 atom stereocenters. The van der Waals surface area contributed by atoms with E-state index in [-0.39, 0.29) is 36.0 Å². The highest BCUT2D eigenvalue weighted by Crippen LogP contribution is 2.48. The van der Waals surface area contributed by atoms with Crippen LogP contribution in [0.5, 0.6) is 5.75 Å². The summed E-state index contributed by atoms with van der Waals surface area (Å²) in [7, 11) is 0. The molecule has 0 radical (unpaired) electrons. The number of ether oxygens (including phenoxy) is 3. The quantitative estimate of drug-likeness (QED) is 0.493. The Morgan fingerprint density at radius 1 is 1.15 bits per heavy atom. The summed E-state index contributed by atoms with van der Waals surface area (Å²) in [4.78, 5) is 10.4. The van der Waals surface area contributed by atoms with E-state index in [0.29, 0.717) is 24.3 Å². The summed E-state index contributed by atoms with van der Waals surface area (Å²) in [5.41, 5.74) is -1.63. The molecule has 5 heterocycles. The van der Waals surface area contributed by atoms with Crippen LogP contribution in [-0.4, -0.2) is 51.3 Å².